The van der Waals surface area contributed by atoms with Crippen molar-refractivity contribution in [2.45, 2.75) is 37.2 Å². The number of thiazole rings is 1. The first-order chi connectivity index (χ1) is 9.99. The highest BCUT2D eigenvalue weighted by Gasteiger charge is 2.39. The molecule has 3 unspecified atom stereocenters. The number of alkyl halides is 3. The number of morpholine rings is 1. The van der Waals surface area contributed by atoms with Crippen LogP contribution >= 0.6 is 11.3 Å². The molecule has 2 aliphatic rings. The molecule has 21 heavy (non-hydrogen) atoms. The molecule has 0 aliphatic carbocycles. The van der Waals surface area contributed by atoms with Crippen molar-refractivity contribution in [3.8, 4) is 0 Å². The predicted molar refractivity (Wildman–Crippen MR) is 73.3 cm³/mol. The lowest BCUT2D eigenvalue weighted by atomic mass is 10.1. The van der Waals surface area contributed by atoms with Crippen LogP contribution in [0.15, 0.2) is 6.20 Å². The number of hydrogen-bond acceptors (Lipinski definition) is 5. The Bertz CT molecular complexity index is 493. The molecule has 1 aromatic heterocycles. The normalized spacial score (nSPS) is 28.6. The number of hydrogen-bond donors (Lipinski definition) is 1. The van der Waals surface area contributed by atoms with Crippen LogP contribution in [0.25, 0.3) is 0 Å². The second-order valence-corrected chi connectivity index (χ2v) is 6.56. The van der Waals surface area contributed by atoms with Gasteiger partial charge in [-0.25, -0.2) is 4.98 Å². The fourth-order valence-corrected chi connectivity index (χ4v) is 4.06. The van der Waals surface area contributed by atoms with E-state index >= 15 is 0 Å². The van der Waals surface area contributed by atoms with Crippen LogP contribution in [0, 0.1) is 0 Å². The maximum absolute atomic E-state index is 12.7. The van der Waals surface area contributed by atoms with Crippen molar-refractivity contribution in [3.63, 3.8) is 0 Å². The molecule has 0 bridgehead atoms. The molecule has 2 aliphatic heterocycles. The molecule has 0 radical (unpaired) electrons. The summed E-state index contributed by atoms with van der Waals surface area (Å²) in [5.74, 6) is 0. The highest BCUT2D eigenvalue weighted by molar-refractivity contribution is 7.11. The van der Waals surface area contributed by atoms with Crippen LogP contribution < -0.4 is 5.32 Å². The minimum Gasteiger partial charge on any atom is -0.373 e. The lowest BCUT2D eigenvalue weighted by molar-refractivity contribution is -0.137. The lowest BCUT2D eigenvalue weighted by Crippen LogP contribution is -2.50. The Morgan fingerprint density at radius 2 is 2.33 bits per heavy atom. The second-order valence-electron chi connectivity index (χ2n) is 5.49. The third kappa shape index (κ3) is 3.08. The number of rotatable bonds is 3. The topological polar surface area (TPSA) is 37.4 Å². The average molecular weight is 321 g/mol. The van der Waals surface area contributed by atoms with E-state index in [0.29, 0.717) is 28.9 Å². The van der Waals surface area contributed by atoms with E-state index in [0.717, 1.165) is 19.5 Å². The Labute approximate surface area is 125 Å². The molecule has 0 aromatic carbocycles. The summed E-state index contributed by atoms with van der Waals surface area (Å²) in [4.78, 5) is 6.46. The van der Waals surface area contributed by atoms with Gasteiger partial charge in [0, 0.05) is 23.7 Å². The van der Waals surface area contributed by atoms with Crippen molar-refractivity contribution in [2.24, 2.45) is 0 Å². The van der Waals surface area contributed by atoms with Crippen molar-refractivity contribution in [2.75, 3.05) is 26.7 Å². The van der Waals surface area contributed by atoms with Crippen LogP contribution in [-0.4, -0.2) is 48.8 Å². The first-order valence-electron chi connectivity index (χ1n) is 7.05. The van der Waals surface area contributed by atoms with Crippen LogP contribution in [0.1, 0.15) is 28.8 Å². The summed E-state index contributed by atoms with van der Waals surface area (Å²) < 4.78 is 43.9. The zero-order valence-corrected chi connectivity index (χ0v) is 12.5. The van der Waals surface area contributed by atoms with Crippen molar-refractivity contribution in [1.82, 2.24) is 15.2 Å². The van der Waals surface area contributed by atoms with E-state index in [4.69, 9.17) is 4.74 Å². The monoisotopic (exact) mass is 321 g/mol. The number of nitrogens with zero attached hydrogens (tertiary/aromatic N) is 2. The summed E-state index contributed by atoms with van der Waals surface area (Å²) in [6.45, 7) is 2.47. The first-order valence-corrected chi connectivity index (χ1v) is 7.86. The van der Waals surface area contributed by atoms with Gasteiger partial charge in [-0.2, -0.15) is 13.2 Å². The molecule has 3 atom stereocenters. The van der Waals surface area contributed by atoms with E-state index in [-0.39, 0.29) is 12.1 Å². The Morgan fingerprint density at radius 1 is 1.52 bits per heavy atom. The number of ether oxygens (including phenoxy) is 1. The molecule has 3 rings (SSSR count). The molecular weight excluding hydrogens is 303 g/mol. The Balaban J connectivity index is 1.74. The zero-order chi connectivity index (χ0) is 15.0. The van der Waals surface area contributed by atoms with E-state index in [1.54, 1.807) is 7.05 Å². The summed E-state index contributed by atoms with van der Waals surface area (Å²) in [5, 5.41) is 2.29. The van der Waals surface area contributed by atoms with E-state index in [1.807, 2.05) is 0 Å². The largest absolute Gasteiger partial charge is 0.443 e. The van der Waals surface area contributed by atoms with Crippen molar-refractivity contribution >= 4 is 11.3 Å². The summed E-state index contributed by atoms with van der Waals surface area (Å²) in [5.41, 5.74) is 0. The molecule has 2 fully saturated rings. The van der Waals surface area contributed by atoms with Crippen molar-refractivity contribution in [3.05, 3.63) is 16.1 Å². The van der Waals surface area contributed by atoms with Crippen LogP contribution in [-0.2, 0) is 10.9 Å². The average Bonchev–Trinajstić information content (AvgIpc) is 3.06. The standard InChI is InChI=1S/C13H18F3N3OS/c1-17-11(10-5-18-12(21-10)13(14,15)16)9-6-19-4-2-3-8(19)7-20-9/h5,8-9,11,17H,2-4,6-7H2,1H3. The highest BCUT2D eigenvalue weighted by atomic mass is 32.1. The fourth-order valence-electron chi connectivity index (χ4n) is 3.12. The third-order valence-corrected chi connectivity index (χ3v) is 5.30. The van der Waals surface area contributed by atoms with E-state index in [1.165, 1.54) is 12.6 Å². The Morgan fingerprint density at radius 3 is 3.00 bits per heavy atom. The SMILES string of the molecule is CNC(c1cnc(C(F)(F)F)s1)C1CN2CCCC2CO1. The molecule has 2 saturated heterocycles. The van der Waals surface area contributed by atoms with Crippen molar-refractivity contribution < 1.29 is 17.9 Å². The summed E-state index contributed by atoms with van der Waals surface area (Å²) >= 11 is 0.694. The minimum atomic E-state index is -4.38. The van der Waals surface area contributed by atoms with E-state index in [9.17, 15) is 13.2 Å². The minimum absolute atomic E-state index is 0.133. The molecule has 3 heterocycles. The number of aromatic nitrogens is 1. The van der Waals surface area contributed by atoms with Gasteiger partial charge in [0.25, 0.3) is 0 Å². The van der Waals surface area contributed by atoms with Crippen LogP contribution in [0.2, 0.25) is 0 Å². The van der Waals surface area contributed by atoms with Gasteiger partial charge in [0.05, 0.1) is 18.8 Å². The quantitative estimate of drug-likeness (QED) is 0.927. The maximum atomic E-state index is 12.7. The van der Waals surface area contributed by atoms with Crippen LogP contribution in [0.5, 0.6) is 0 Å². The molecule has 4 nitrogen and oxygen atoms in total. The molecular formula is C13H18F3N3OS. The molecule has 8 heteroatoms. The predicted octanol–water partition coefficient (Wildman–Crippen LogP) is 2.29. The zero-order valence-electron chi connectivity index (χ0n) is 11.7. The van der Waals surface area contributed by atoms with Gasteiger partial charge in [-0.05, 0) is 26.4 Å². The molecule has 1 N–H and O–H groups in total. The van der Waals surface area contributed by atoms with Crippen molar-refractivity contribution in [1.29, 1.82) is 0 Å². The fraction of sp³-hybridized carbons (Fsp3) is 0.769. The molecule has 0 spiro atoms. The summed E-state index contributed by atoms with van der Waals surface area (Å²) in [6, 6.07) is 0.228. The van der Waals surface area contributed by atoms with Gasteiger partial charge in [0.2, 0.25) is 0 Å². The van der Waals surface area contributed by atoms with Gasteiger partial charge in [0.15, 0.2) is 5.01 Å². The first kappa shape index (κ1) is 15.2. The van der Waals surface area contributed by atoms with Gasteiger partial charge in [-0.3, -0.25) is 4.90 Å². The summed E-state index contributed by atoms with van der Waals surface area (Å²) in [7, 11) is 1.75. The third-order valence-electron chi connectivity index (χ3n) is 4.17. The van der Waals surface area contributed by atoms with Gasteiger partial charge < -0.3 is 10.1 Å². The number of nitrogens with one attached hydrogen (secondary N) is 1. The van der Waals surface area contributed by atoms with E-state index in [2.05, 4.69) is 15.2 Å². The smallest absolute Gasteiger partial charge is 0.373 e. The van der Waals surface area contributed by atoms with Gasteiger partial charge in [-0.15, -0.1) is 11.3 Å². The number of likely N-dealkylation sites (N-methyl/N-ethyl adjacent to an activating group) is 1. The second kappa shape index (κ2) is 5.83. The lowest BCUT2D eigenvalue weighted by Gasteiger charge is -2.38. The molecule has 1 aromatic rings. The molecule has 0 amide bonds. The van der Waals surface area contributed by atoms with E-state index < -0.39 is 11.2 Å². The number of halogens is 3. The Kier molecular flexibility index (Phi) is 4.22. The molecule has 0 saturated carbocycles. The van der Waals surface area contributed by atoms with Gasteiger partial charge in [-0.1, -0.05) is 0 Å². The number of fused-ring (bicyclic) bond motifs is 1. The van der Waals surface area contributed by atoms with Crippen LogP contribution in [0.4, 0.5) is 13.2 Å². The maximum Gasteiger partial charge on any atom is 0.443 e. The Hall–Kier alpha value is -0.700. The van der Waals surface area contributed by atoms with Gasteiger partial charge in [0.1, 0.15) is 0 Å². The van der Waals surface area contributed by atoms with Crippen LogP contribution in [0.3, 0.4) is 0 Å². The van der Waals surface area contributed by atoms with Gasteiger partial charge >= 0.3 is 6.18 Å². The highest BCUT2D eigenvalue weighted by Crippen LogP contribution is 2.36. The molecule has 118 valence electrons. The summed E-state index contributed by atoms with van der Waals surface area (Å²) in [6.07, 6.45) is -0.881.